The van der Waals surface area contributed by atoms with Crippen LogP contribution in [0.1, 0.15) is 5.56 Å². The fraction of sp³-hybridized carbons (Fsp3) is 0.278. The highest BCUT2D eigenvalue weighted by Crippen LogP contribution is 2.25. The van der Waals surface area contributed by atoms with Gasteiger partial charge < -0.3 is 10.2 Å². The predicted molar refractivity (Wildman–Crippen MR) is 90.4 cm³/mol. The fourth-order valence-corrected chi connectivity index (χ4v) is 3.13. The Kier molecular flexibility index (Phi) is 3.31. The lowest BCUT2D eigenvalue weighted by molar-refractivity contribution is 0.589. The first kappa shape index (κ1) is 13.3. The molecule has 0 aliphatic carbocycles. The van der Waals surface area contributed by atoms with Crippen molar-refractivity contribution in [2.45, 2.75) is 6.92 Å². The molecule has 4 heteroatoms. The Morgan fingerprint density at radius 1 is 1.09 bits per heavy atom. The second kappa shape index (κ2) is 5.46. The van der Waals surface area contributed by atoms with E-state index in [-0.39, 0.29) is 0 Å². The summed E-state index contributed by atoms with van der Waals surface area (Å²) >= 11 is 0. The number of nitrogens with one attached hydrogen (secondary N) is 1. The molecule has 1 fully saturated rings. The number of hydrogen-bond acceptors (Lipinski definition) is 3. The summed E-state index contributed by atoms with van der Waals surface area (Å²) in [5, 5.41) is 3.39. The maximum Gasteiger partial charge on any atom is 0.144 e. The number of benzene rings is 1. The Bertz CT molecular complexity index is 800. The number of rotatable bonds is 2. The number of hydrogen-bond donors (Lipinski definition) is 1. The van der Waals surface area contributed by atoms with Crippen molar-refractivity contribution < 1.29 is 0 Å². The van der Waals surface area contributed by atoms with Crippen molar-refractivity contribution in [3.63, 3.8) is 0 Å². The number of nitrogens with zero attached hydrogens (tertiary/aromatic N) is 3. The minimum Gasteiger partial charge on any atom is -0.369 e. The molecular weight excluding hydrogens is 272 g/mol. The SMILES string of the molecule is Cc1ccccc1-c1ncc2cc(N3CCNCC3)ccn12. The standard InChI is InChI=1S/C18H20N4/c1-14-4-2-3-5-17(14)18-20-13-16-12-15(6-9-22(16)18)21-10-7-19-8-11-21/h2-6,9,12-13,19H,7-8,10-11H2,1H3. The first-order valence-electron chi connectivity index (χ1n) is 7.82. The van der Waals surface area contributed by atoms with Gasteiger partial charge in [-0.1, -0.05) is 24.3 Å². The molecule has 4 rings (SSSR count). The van der Waals surface area contributed by atoms with Crippen LogP contribution in [-0.4, -0.2) is 35.6 Å². The number of fused-ring (bicyclic) bond motifs is 1. The average molecular weight is 292 g/mol. The van der Waals surface area contributed by atoms with E-state index in [0.29, 0.717) is 0 Å². The maximum absolute atomic E-state index is 4.64. The fourth-order valence-electron chi connectivity index (χ4n) is 3.13. The molecule has 3 aromatic rings. The Hall–Kier alpha value is -2.33. The Labute approximate surface area is 130 Å². The zero-order chi connectivity index (χ0) is 14.9. The molecule has 0 spiro atoms. The van der Waals surface area contributed by atoms with E-state index in [1.807, 2.05) is 6.20 Å². The monoisotopic (exact) mass is 292 g/mol. The largest absolute Gasteiger partial charge is 0.369 e. The molecule has 1 aromatic carbocycles. The lowest BCUT2D eigenvalue weighted by Crippen LogP contribution is -2.43. The molecule has 0 radical (unpaired) electrons. The van der Waals surface area contributed by atoms with Crippen LogP contribution in [0.3, 0.4) is 0 Å². The van der Waals surface area contributed by atoms with Crippen LogP contribution in [0.2, 0.25) is 0 Å². The highest BCUT2D eigenvalue weighted by Gasteiger charge is 2.13. The molecule has 4 nitrogen and oxygen atoms in total. The third kappa shape index (κ3) is 2.25. The average Bonchev–Trinajstić information content (AvgIpc) is 2.99. The van der Waals surface area contributed by atoms with Gasteiger partial charge in [0.15, 0.2) is 0 Å². The van der Waals surface area contributed by atoms with E-state index in [0.717, 1.165) is 37.5 Å². The smallest absolute Gasteiger partial charge is 0.144 e. The third-order valence-electron chi connectivity index (χ3n) is 4.38. The van der Waals surface area contributed by atoms with Crippen LogP contribution in [-0.2, 0) is 0 Å². The molecule has 1 saturated heterocycles. The van der Waals surface area contributed by atoms with Crippen molar-refractivity contribution in [2.75, 3.05) is 31.1 Å². The second-order valence-corrected chi connectivity index (χ2v) is 5.81. The van der Waals surface area contributed by atoms with Crippen LogP contribution in [0.4, 0.5) is 5.69 Å². The molecule has 22 heavy (non-hydrogen) atoms. The number of anilines is 1. The zero-order valence-electron chi connectivity index (χ0n) is 12.8. The van der Waals surface area contributed by atoms with Crippen LogP contribution in [0.25, 0.3) is 16.9 Å². The van der Waals surface area contributed by atoms with E-state index >= 15 is 0 Å². The van der Waals surface area contributed by atoms with Gasteiger partial charge in [0.2, 0.25) is 0 Å². The molecular formula is C18H20N4. The summed E-state index contributed by atoms with van der Waals surface area (Å²) in [5.41, 5.74) is 4.87. The third-order valence-corrected chi connectivity index (χ3v) is 4.38. The maximum atomic E-state index is 4.64. The van der Waals surface area contributed by atoms with E-state index in [4.69, 9.17) is 0 Å². The molecule has 0 unspecified atom stereocenters. The van der Waals surface area contributed by atoms with E-state index in [1.165, 1.54) is 16.8 Å². The highest BCUT2D eigenvalue weighted by atomic mass is 15.2. The summed E-state index contributed by atoms with van der Waals surface area (Å²) in [6.07, 6.45) is 4.11. The Morgan fingerprint density at radius 3 is 2.73 bits per heavy atom. The van der Waals surface area contributed by atoms with Crippen molar-refractivity contribution in [2.24, 2.45) is 0 Å². The van der Waals surface area contributed by atoms with Gasteiger partial charge in [0.25, 0.3) is 0 Å². The molecule has 1 aliphatic heterocycles. The number of aryl methyl sites for hydroxylation is 1. The molecule has 2 aromatic heterocycles. The van der Waals surface area contributed by atoms with E-state index in [2.05, 4.69) is 69.1 Å². The van der Waals surface area contributed by atoms with Gasteiger partial charge in [0, 0.05) is 43.6 Å². The summed E-state index contributed by atoms with van der Waals surface area (Å²) in [7, 11) is 0. The van der Waals surface area contributed by atoms with E-state index in [1.54, 1.807) is 0 Å². The van der Waals surface area contributed by atoms with Crippen LogP contribution < -0.4 is 10.2 Å². The molecule has 0 saturated carbocycles. The van der Waals surface area contributed by atoms with E-state index in [9.17, 15) is 0 Å². The molecule has 0 bridgehead atoms. The predicted octanol–water partition coefficient (Wildman–Crippen LogP) is 2.72. The number of piperazine rings is 1. The molecule has 3 heterocycles. The van der Waals surface area contributed by atoms with E-state index < -0.39 is 0 Å². The Morgan fingerprint density at radius 2 is 1.91 bits per heavy atom. The van der Waals surface area contributed by atoms with Crippen molar-refractivity contribution in [3.8, 4) is 11.4 Å². The summed E-state index contributed by atoms with van der Waals surface area (Å²) < 4.78 is 2.17. The van der Waals surface area contributed by atoms with Gasteiger partial charge >= 0.3 is 0 Å². The summed E-state index contributed by atoms with van der Waals surface area (Å²) in [4.78, 5) is 7.07. The first-order chi connectivity index (χ1) is 10.8. The topological polar surface area (TPSA) is 32.6 Å². The number of imidazole rings is 1. The van der Waals surface area contributed by atoms with Crippen molar-refractivity contribution in [1.29, 1.82) is 0 Å². The van der Waals surface area contributed by atoms with Crippen molar-refractivity contribution in [3.05, 3.63) is 54.4 Å². The van der Waals surface area contributed by atoms with Gasteiger partial charge in [-0.15, -0.1) is 0 Å². The van der Waals surface area contributed by atoms with Crippen molar-refractivity contribution >= 4 is 11.2 Å². The summed E-state index contributed by atoms with van der Waals surface area (Å²) in [6.45, 7) is 6.37. The number of aromatic nitrogens is 2. The highest BCUT2D eigenvalue weighted by molar-refractivity contribution is 5.68. The van der Waals surface area contributed by atoms with Crippen LogP contribution >= 0.6 is 0 Å². The second-order valence-electron chi connectivity index (χ2n) is 5.81. The number of pyridine rings is 1. The zero-order valence-corrected chi connectivity index (χ0v) is 12.8. The lowest BCUT2D eigenvalue weighted by Gasteiger charge is -2.29. The Balaban J connectivity index is 1.76. The molecule has 112 valence electrons. The first-order valence-corrected chi connectivity index (χ1v) is 7.82. The van der Waals surface area contributed by atoms with Crippen LogP contribution in [0.15, 0.2) is 48.8 Å². The van der Waals surface area contributed by atoms with Gasteiger partial charge in [-0.2, -0.15) is 0 Å². The quantitative estimate of drug-likeness (QED) is 0.788. The molecule has 1 N–H and O–H groups in total. The lowest BCUT2D eigenvalue weighted by atomic mass is 10.1. The van der Waals surface area contributed by atoms with Crippen molar-refractivity contribution in [1.82, 2.24) is 14.7 Å². The minimum atomic E-state index is 1.01. The minimum absolute atomic E-state index is 1.01. The van der Waals surface area contributed by atoms with Gasteiger partial charge in [0.05, 0.1) is 11.7 Å². The van der Waals surface area contributed by atoms with Gasteiger partial charge in [-0.3, -0.25) is 4.40 Å². The molecule has 0 amide bonds. The van der Waals surface area contributed by atoms with Gasteiger partial charge in [-0.05, 0) is 24.6 Å². The van der Waals surface area contributed by atoms with Crippen LogP contribution in [0.5, 0.6) is 0 Å². The molecule has 0 atom stereocenters. The summed E-state index contributed by atoms with van der Waals surface area (Å²) in [5.74, 6) is 1.01. The molecule has 1 aliphatic rings. The van der Waals surface area contributed by atoms with Gasteiger partial charge in [-0.25, -0.2) is 4.98 Å². The van der Waals surface area contributed by atoms with Gasteiger partial charge in [0.1, 0.15) is 5.82 Å². The van der Waals surface area contributed by atoms with Crippen LogP contribution in [0, 0.1) is 6.92 Å². The normalized spacial score (nSPS) is 15.4. The summed E-state index contributed by atoms with van der Waals surface area (Å²) in [6, 6.07) is 12.8.